The number of hydrogen-bond donors (Lipinski definition) is 4. The van der Waals surface area contributed by atoms with E-state index < -0.39 is 0 Å². The first-order chi connectivity index (χ1) is 12.1. The fourth-order valence-corrected chi connectivity index (χ4v) is 2.66. The first-order valence-electron chi connectivity index (χ1n) is 8.14. The Morgan fingerprint density at radius 3 is 2.36 bits per heavy atom. The van der Waals surface area contributed by atoms with Crippen LogP contribution in [0.2, 0.25) is 0 Å². The molecule has 0 atom stereocenters. The molecule has 0 fully saturated rings. The molecule has 25 heavy (non-hydrogen) atoms. The highest BCUT2D eigenvalue weighted by molar-refractivity contribution is 5.90. The second kappa shape index (κ2) is 7.16. The number of nitrogens with one attached hydrogen (secondary N) is 2. The fraction of sp³-hybridized carbons (Fsp3) is 0.294. The molecule has 3 aromatic rings. The van der Waals surface area contributed by atoms with Crippen LogP contribution < -0.4 is 26.3 Å². The number of rotatable bonds is 7. The average molecular weight is 342 g/mol. The minimum Gasteiger partial charge on any atom is -0.494 e. The summed E-state index contributed by atoms with van der Waals surface area (Å²) in [4.78, 5) is 11.2. The van der Waals surface area contributed by atoms with Gasteiger partial charge in [0.05, 0.1) is 18.6 Å². The van der Waals surface area contributed by atoms with Crippen LogP contribution in [0.5, 0.6) is 11.5 Å². The molecule has 2 aromatic heterocycles. The maximum absolute atomic E-state index is 5.98. The minimum atomic E-state index is 0.150. The molecule has 3 rings (SSSR count). The smallest absolute Gasteiger partial charge is 0.223 e. The predicted molar refractivity (Wildman–Crippen MR) is 98.8 cm³/mol. The van der Waals surface area contributed by atoms with Gasteiger partial charge in [-0.05, 0) is 13.8 Å². The van der Waals surface area contributed by atoms with Gasteiger partial charge >= 0.3 is 0 Å². The van der Waals surface area contributed by atoms with Crippen molar-refractivity contribution in [3.63, 3.8) is 0 Å². The van der Waals surface area contributed by atoms with Crippen LogP contribution in [0.15, 0.2) is 24.4 Å². The van der Waals surface area contributed by atoms with E-state index in [9.17, 15) is 0 Å². The number of H-pyrrole nitrogens is 1. The summed E-state index contributed by atoms with van der Waals surface area (Å²) >= 11 is 0. The number of nitrogens with two attached hydrogens (primary N) is 2. The Kier molecular flexibility index (Phi) is 4.78. The van der Waals surface area contributed by atoms with E-state index in [1.807, 2.05) is 38.2 Å². The van der Waals surface area contributed by atoms with Gasteiger partial charge in [-0.25, -0.2) is 0 Å². The van der Waals surface area contributed by atoms with Gasteiger partial charge in [0.25, 0.3) is 0 Å². The lowest BCUT2D eigenvalue weighted by atomic mass is 10.2. The lowest BCUT2D eigenvalue weighted by Gasteiger charge is -2.12. The van der Waals surface area contributed by atoms with E-state index in [1.54, 1.807) is 0 Å². The van der Waals surface area contributed by atoms with Crippen molar-refractivity contribution in [2.24, 2.45) is 0 Å². The molecule has 132 valence electrons. The predicted octanol–water partition coefficient (Wildman–Crippen LogP) is 2.53. The summed E-state index contributed by atoms with van der Waals surface area (Å²) in [6.45, 7) is 5.61. The molecule has 0 amide bonds. The van der Waals surface area contributed by atoms with Gasteiger partial charge in [-0.2, -0.15) is 9.97 Å². The van der Waals surface area contributed by atoms with Crippen LogP contribution >= 0.6 is 0 Å². The minimum absolute atomic E-state index is 0.150. The maximum Gasteiger partial charge on any atom is 0.223 e. The molecular weight excluding hydrogens is 320 g/mol. The van der Waals surface area contributed by atoms with Crippen molar-refractivity contribution in [3.05, 3.63) is 30.0 Å². The van der Waals surface area contributed by atoms with E-state index in [-0.39, 0.29) is 5.95 Å². The monoisotopic (exact) mass is 342 g/mol. The highest BCUT2D eigenvalue weighted by Gasteiger charge is 2.11. The van der Waals surface area contributed by atoms with Gasteiger partial charge in [0, 0.05) is 42.2 Å². The van der Waals surface area contributed by atoms with Crippen molar-refractivity contribution >= 4 is 28.5 Å². The van der Waals surface area contributed by atoms with E-state index in [2.05, 4.69) is 20.3 Å². The van der Waals surface area contributed by atoms with Crippen molar-refractivity contribution in [3.8, 4) is 11.5 Å². The number of anilines is 3. The Labute approximate surface area is 145 Å². The van der Waals surface area contributed by atoms with Crippen LogP contribution in [-0.4, -0.2) is 28.2 Å². The van der Waals surface area contributed by atoms with Crippen molar-refractivity contribution in [2.45, 2.75) is 20.4 Å². The standard InChI is InChI=1S/C17H22N6O2/c1-3-24-12-5-11(6-13(7-12)25-4-2)20-8-10-9-21-16-14(10)15(18)22-17(19)23-16/h5-7,9,20H,3-4,8H2,1-2H3,(H5,18,19,21,22,23). The topological polar surface area (TPSA) is 124 Å². The second-order valence-corrected chi connectivity index (χ2v) is 5.42. The van der Waals surface area contributed by atoms with Gasteiger partial charge < -0.3 is 31.2 Å². The van der Waals surface area contributed by atoms with Gasteiger partial charge in [0.2, 0.25) is 5.95 Å². The van der Waals surface area contributed by atoms with Crippen LogP contribution in [0, 0.1) is 0 Å². The van der Waals surface area contributed by atoms with Gasteiger partial charge in [0.15, 0.2) is 0 Å². The van der Waals surface area contributed by atoms with Crippen molar-refractivity contribution < 1.29 is 9.47 Å². The molecule has 8 nitrogen and oxygen atoms in total. The number of fused-ring (bicyclic) bond motifs is 1. The number of benzene rings is 1. The highest BCUT2D eigenvalue weighted by Crippen LogP contribution is 2.28. The van der Waals surface area contributed by atoms with Crippen LogP contribution in [0.3, 0.4) is 0 Å². The molecule has 0 radical (unpaired) electrons. The molecule has 0 spiro atoms. The second-order valence-electron chi connectivity index (χ2n) is 5.42. The summed E-state index contributed by atoms with van der Waals surface area (Å²) in [7, 11) is 0. The summed E-state index contributed by atoms with van der Waals surface area (Å²) in [5, 5.41) is 4.13. The van der Waals surface area contributed by atoms with Crippen LogP contribution in [0.25, 0.3) is 11.0 Å². The maximum atomic E-state index is 5.98. The molecule has 8 heteroatoms. The van der Waals surface area contributed by atoms with Gasteiger partial charge in [0.1, 0.15) is 23.0 Å². The van der Waals surface area contributed by atoms with Gasteiger partial charge in [-0.15, -0.1) is 0 Å². The summed E-state index contributed by atoms with van der Waals surface area (Å²) in [5.41, 5.74) is 14.1. The molecular formula is C17H22N6O2. The average Bonchev–Trinajstić information content (AvgIpc) is 2.96. The Bertz CT molecular complexity index is 853. The molecule has 2 heterocycles. The molecule has 0 aliphatic carbocycles. The molecule has 0 bridgehead atoms. The fourth-order valence-electron chi connectivity index (χ4n) is 2.66. The normalized spacial score (nSPS) is 10.8. The lowest BCUT2D eigenvalue weighted by molar-refractivity contribution is 0.323. The van der Waals surface area contributed by atoms with E-state index in [0.717, 1.165) is 28.1 Å². The van der Waals surface area contributed by atoms with Crippen molar-refractivity contribution in [2.75, 3.05) is 30.0 Å². The van der Waals surface area contributed by atoms with Crippen molar-refractivity contribution in [1.82, 2.24) is 15.0 Å². The Morgan fingerprint density at radius 2 is 1.72 bits per heavy atom. The molecule has 0 unspecified atom stereocenters. The van der Waals surface area contributed by atoms with Crippen LogP contribution in [0.1, 0.15) is 19.4 Å². The molecule has 0 aliphatic rings. The Balaban J connectivity index is 1.83. The molecule has 1 aromatic carbocycles. The molecule has 0 saturated carbocycles. The van der Waals surface area contributed by atoms with E-state index in [1.165, 1.54) is 0 Å². The zero-order valence-electron chi connectivity index (χ0n) is 14.3. The first-order valence-corrected chi connectivity index (χ1v) is 8.14. The summed E-state index contributed by atoms with van der Waals surface area (Å²) < 4.78 is 11.2. The number of aromatic amines is 1. The third kappa shape index (κ3) is 3.68. The van der Waals surface area contributed by atoms with Gasteiger partial charge in [-0.3, -0.25) is 0 Å². The van der Waals surface area contributed by atoms with Crippen molar-refractivity contribution in [1.29, 1.82) is 0 Å². The largest absolute Gasteiger partial charge is 0.494 e. The number of nitrogens with zero attached hydrogens (tertiary/aromatic N) is 2. The highest BCUT2D eigenvalue weighted by atomic mass is 16.5. The third-order valence-corrected chi connectivity index (χ3v) is 3.64. The SMILES string of the molecule is CCOc1cc(NCc2c[nH]c3nc(N)nc(N)c23)cc(OCC)c1. The Hall–Kier alpha value is -3.16. The molecule has 6 N–H and O–H groups in total. The van der Waals surface area contributed by atoms with Crippen LogP contribution in [0.4, 0.5) is 17.5 Å². The summed E-state index contributed by atoms with van der Waals surface area (Å²) in [5.74, 6) is 2.02. The van der Waals surface area contributed by atoms with Gasteiger partial charge in [-0.1, -0.05) is 0 Å². The summed E-state index contributed by atoms with van der Waals surface area (Å²) in [6, 6.07) is 5.73. The van der Waals surface area contributed by atoms with E-state index >= 15 is 0 Å². The number of nitrogen functional groups attached to an aromatic ring is 2. The zero-order chi connectivity index (χ0) is 17.8. The number of aromatic nitrogens is 3. The van der Waals surface area contributed by atoms with E-state index in [0.29, 0.717) is 31.2 Å². The van der Waals surface area contributed by atoms with Crippen LogP contribution in [-0.2, 0) is 6.54 Å². The lowest BCUT2D eigenvalue weighted by Crippen LogP contribution is -2.04. The third-order valence-electron chi connectivity index (χ3n) is 3.64. The first kappa shape index (κ1) is 16.7. The zero-order valence-corrected chi connectivity index (χ0v) is 14.3. The Morgan fingerprint density at radius 1 is 1.04 bits per heavy atom. The molecule has 0 saturated heterocycles. The number of ether oxygens (including phenoxy) is 2. The molecule has 0 aliphatic heterocycles. The van der Waals surface area contributed by atoms with E-state index in [4.69, 9.17) is 20.9 Å². The summed E-state index contributed by atoms with van der Waals surface area (Å²) in [6.07, 6.45) is 1.85. The quantitative estimate of drug-likeness (QED) is 0.520. The number of hydrogen-bond acceptors (Lipinski definition) is 7.